The van der Waals surface area contributed by atoms with Gasteiger partial charge in [-0.15, -0.1) is 0 Å². The zero-order chi connectivity index (χ0) is 23.1. The molecule has 166 valence electrons. The van der Waals surface area contributed by atoms with Crippen LogP contribution in [-0.2, 0) is 14.8 Å². The van der Waals surface area contributed by atoms with Crippen molar-refractivity contribution in [3.8, 4) is 0 Å². The van der Waals surface area contributed by atoms with Crippen molar-refractivity contribution in [3.05, 3.63) is 101 Å². The molecule has 3 aromatic rings. The van der Waals surface area contributed by atoms with Gasteiger partial charge in [-0.3, -0.25) is 19.2 Å². The average Bonchev–Trinajstić information content (AvgIpc) is 2.82. The largest absolute Gasteiger partial charge is 0.348 e. The zero-order valence-corrected chi connectivity index (χ0v) is 18.2. The molecule has 1 N–H and O–H groups in total. The molecule has 32 heavy (non-hydrogen) atoms. The number of benzene rings is 3. The minimum absolute atomic E-state index is 0.0191. The Labute approximate surface area is 186 Å². The third-order valence-corrected chi connectivity index (χ3v) is 6.68. The van der Waals surface area contributed by atoms with Crippen LogP contribution in [0.5, 0.6) is 0 Å². The summed E-state index contributed by atoms with van der Waals surface area (Å²) < 4.78 is 27.6. The maximum Gasteiger partial charge on any atom is 0.271 e. The lowest BCUT2D eigenvalue weighted by atomic mass is 10.0. The molecule has 0 aliphatic rings. The maximum absolute atomic E-state index is 13.4. The van der Waals surface area contributed by atoms with E-state index in [2.05, 4.69) is 5.32 Å². The van der Waals surface area contributed by atoms with E-state index in [1.807, 2.05) is 37.3 Å². The molecule has 0 saturated heterocycles. The zero-order valence-electron chi connectivity index (χ0n) is 17.4. The minimum Gasteiger partial charge on any atom is -0.348 e. The van der Waals surface area contributed by atoms with Crippen LogP contribution in [0, 0.1) is 10.1 Å². The van der Waals surface area contributed by atoms with E-state index in [1.165, 1.54) is 30.3 Å². The third kappa shape index (κ3) is 5.30. The van der Waals surface area contributed by atoms with Gasteiger partial charge < -0.3 is 5.32 Å². The molecule has 3 aromatic carbocycles. The fourth-order valence-corrected chi connectivity index (χ4v) is 4.71. The van der Waals surface area contributed by atoms with E-state index >= 15 is 0 Å². The molecule has 1 atom stereocenters. The molecule has 0 radical (unpaired) electrons. The Morgan fingerprint density at radius 2 is 1.62 bits per heavy atom. The summed E-state index contributed by atoms with van der Waals surface area (Å²) in [6.07, 6.45) is 0.609. The first-order valence-electron chi connectivity index (χ1n) is 9.99. The summed E-state index contributed by atoms with van der Waals surface area (Å²) >= 11 is 0. The number of nitrogens with zero attached hydrogens (tertiary/aromatic N) is 2. The second-order valence-electron chi connectivity index (χ2n) is 7.04. The fraction of sp³-hybridized carbons (Fsp3) is 0.174. The lowest BCUT2D eigenvalue weighted by molar-refractivity contribution is -0.384. The van der Waals surface area contributed by atoms with Gasteiger partial charge in [0.05, 0.1) is 21.5 Å². The fourth-order valence-electron chi connectivity index (χ4n) is 3.27. The first-order chi connectivity index (χ1) is 15.3. The Morgan fingerprint density at radius 1 is 1.00 bits per heavy atom. The van der Waals surface area contributed by atoms with Gasteiger partial charge in [0.1, 0.15) is 6.54 Å². The van der Waals surface area contributed by atoms with Crippen LogP contribution < -0.4 is 9.62 Å². The van der Waals surface area contributed by atoms with Crippen molar-refractivity contribution in [2.24, 2.45) is 0 Å². The number of non-ortho nitro benzene ring substituents is 1. The summed E-state index contributed by atoms with van der Waals surface area (Å²) in [5.74, 6) is -0.522. The van der Waals surface area contributed by atoms with Gasteiger partial charge in [0.2, 0.25) is 5.91 Å². The van der Waals surface area contributed by atoms with Gasteiger partial charge in [0.15, 0.2) is 0 Å². The molecule has 0 aliphatic heterocycles. The summed E-state index contributed by atoms with van der Waals surface area (Å²) in [6, 6.07) is 21.9. The number of carbonyl (C=O) groups is 1. The van der Waals surface area contributed by atoms with E-state index in [0.29, 0.717) is 6.42 Å². The van der Waals surface area contributed by atoms with E-state index in [4.69, 9.17) is 0 Å². The number of rotatable bonds is 9. The third-order valence-electron chi connectivity index (χ3n) is 4.89. The van der Waals surface area contributed by atoms with Crippen molar-refractivity contribution < 1.29 is 18.1 Å². The lowest BCUT2D eigenvalue weighted by Crippen LogP contribution is -2.42. The highest BCUT2D eigenvalue weighted by Gasteiger charge is 2.28. The molecule has 1 amide bonds. The number of hydrogen-bond acceptors (Lipinski definition) is 5. The summed E-state index contributed by atoms with van der Waals surface area (Å²) in [5.41, 5.74) is 0.661. The molecule has 9 heteroatoms. The van der Waals surface area contributed by atoms with Crippen LogP contribution in [0.3, 0.4) is 0 Å². The molecular weight excluding hydrogens is 430 g/mol. The van der Waals surface area contributed by atoms with E-state index in [9.17, 15) is 23.3 Å². The molecule has 3 rings (SSSR count). The normalized spacial score (nSPS) is 12.0. The van der Waals surface area contributed by atoms with Crippen molar-refractivity contribution in [1.82, 2.24) is 5.32 Å². The SMILES string of the molecule is CC[C@H](NC(=O)CN(c1cccc([N+](=O)[O-])c1)S(=O)(=O)c1ccccc1)c1ccccc1. The molecular formula is C23H23N3O5S. The van der Waals surface area contributed by atoms with Gasteiger partial charge in [-0.25, -0.2) is 8.42 Å². The maximum atomic E-state index is 13.4. The van der Waals surface area contributed by atoms with Crippen LogP contribution in [0.1, 0.15) is 24.9 Å². The summed E-state index contributed by atoms with van der Waals surface area (Å²) in [7, 11) is -4.15. The number of nitrogens with one attached hydrogen (secondary N) is 1. The molecule has 0 fully saturated rings. The van der Waals surface area contributed by atoms with Crippen LogP contribution in [0.25, 0.3) is 0 Å². The second-order valence-corrected chi connectivity index (χ2v) is 8.90. The van der Waals surface area contributed by atoms with Crippen molar-refractivity contribution >= 4 is 27.3 Å². The highest BCUT2D eigenvalue weighted by molar-refractivity contribution is 7.92. The van der Waals surface area contributed by atoms with E-state index in [0.717, 1.165) is 15.9 Å². The molecule has 0 bridgehead atoms. The topological polar surface area (TPSA) is 110 Å². The molecule has 0 aliphatic carbocycles. The highest BCUT2D eigenvalue weighted by Crippen LogP contribution is 2.27. The van der Waals surface area contributed by atoms with Crippen LogP contribution >= 0.6 is 0 Å². The van der Waals surface area contributed by atoms with Gasteiger partial charge in [-0.2, -0.15) is 0 Å². The monoisotopic (exact) mass is 453 g/mol. The van der Waals surface area contributed by atoms with Crippen LogP contribution in [0.15, 0.2) is 89.8 Å². The van der Waals surface area contributed by atoms with Crippen molar-refractivity contribution in [1.29, 1.82) is 0 Å². The lowest BCUT2D eigenvalue weighted by Gasteiger charge is -2.25. The standard InChI is InChI=1S/C23H23N3O5S/c1-2-22(18-10-5-3-6-11-18)24-23(27)17-25(19-12-9-13-20(16-19)26(28)29)32(30,31)21-14-7-4-8-15-21/h3-16,22H,2,17H2,1H3,(H,24,27)/t22-/m0/s1. The molecule has 0 aromatic heterocycles. The van der Waals surface area contributed by atoms with Crippen LogP contribution in [0.4, 0.5) is 11.4 Å². The minimum atomic E-state index is -4.15. The van der Waals surface area contributed by atoms with Crippen LogP contribution in [0.2, 0.25) is 0 Å². The van der Waals surface area contributed by atoms with E-state index in [-0.39, 0.29) is 22.3 Å². The number of carbonyl (C=O) groups excluding carboxylic acids is 1. The molecule has 0 unspecified atom stereocenters. The molecule has 0 saturated carbocycles. The summed E-state index contributed by atoms with van der Waals surface area (Å²) in [5, 5.41) is 14.1. The number of hydrogen-bond donors (Lipinski definition) is 1. The first-order valence-corrected chi connectivity index (χ1v) is 11.4. The summed E-state index contributed by atoms with van der Waals surface area (Å²) in [4.78, 5) is 23.5. The first kappa shape index (κ1) is 23.0. The Hall–Kier alpha value is -3.72. The number of nitro groups is 1. The Kier molecular flexibility index (Phi) is 7.21. The molecule has 0 heterocycles. The number of sulfonamides is 1. The second kappa shape index (κ2) is 10.1. The number of amides is 1. The molecule has 8 nitrogen and oxygen atoms in total. The van der Waals surface area contributed by atoms with Crippen LogP contribution in [-0.4, -0.2) is 25.8 Å². The van der Waals surface area contributed by atoms with Gasteiger partial charge in [-0.1, -0.05) is 61.5 Å². The molecule has 0 spiro atoms. The number of nitro benzene ring substituents is 1. The Bertz CT molecular complexity index is 1180. The Balaban J connectivity index is 1.95. The number of anilines is 1. The predicted molar refractivity (Wildman–Crippen MR) is 122 cm³/mol. The smallest absolute Gasteiger partial charge is 0.271 e. The van der Waals surface area contributed by atoms with Crippen molar-refractivity contribution in [2.75, 3.05) is 10.8 Å². The van der Waals surface area contributed by atoms with Gasteiger partial charge in [0, 0.05) is 12.1 Å². The van der Waals surface area contributed by atoms with Crippen molar-refractivity contribution in [3.63, 3.8) is 0 Å². The quantitative estimate of drug-likeness (QED) is 0.388. The van der Waals surface area contributed by atoms with Crippen molar-refractivity contribution in [2.45, 2.75) is 24.3 Å². The van der Waals surface area contributed by atoms with E-state index < -0.39 is 27.4 Å². The Morgan fingerprint density at radius 3 is 2.22 bits per heavy atom. The summed E-state index contributed by atoms with van der Waals surface area (Å²) in [6.45, 7) is 1.39. The van der Waals surface area contributed by atoms with Gasteiger partial charge in [-0.05, 0) is 30.2 Å². The average molecular weight is 454 g/mol. The van der Waals surface area contributed by atoms with Gasteiger partial charge >= 0.3 is 0 Å². The predicted octanol–water partition coefficient (Wildman–Crippen LogP) is 4.06. The van der Waals surface area contributed by atoms with Gasteiger partial charge in [0.25, 0.3) is 15.7 Å². The highest BCUT2D eigenvalue weighted by atomic mass is 32.2. The van der Waals surface area contributed by atoms with E-state index in [1.54, 1.807) is 18.2 Å².